The molecular formula is C16H10F3N3O. The van der Waals surface area contributed by atoms with Crippen molar-refractivity contribution in [1.29, 1.82) is 5.26 Å². The molecule has 0 aliphatic heterocycles. The maximum atomic E-state index is 12.6. The molecule has 0 unspecified atom stereocenters. The Bertz CT molecular complexity index is 777. The largest absolute Gasteiger partial charge is 0.416 e. The lowest BCUT2D eigenvalue weighted by Crippen LogP contribution is -2.14. The molecule has 0 spiro atoms. The number of halogens is 3. The summed E-state index contributed by atoms with van der Waals surface area (Å²) in [6.07, 6.45) is -1.77. The highest BCUT2D eigenvalue weighted by atomic mass is 19.4. The number of anilines is 1. The van der Waals surface area contributed by atoms with Crippen LogP contribution in [-0.4, -0.2) is 10.9 Å². The number of nitrogens with zero attached hydrogens (tertiary/aromatic N) is 2. The van der Waals surface area contributed by atoms with Gasteiger partial charge in [0, 0.05) is 11.9 Å². The standard InChI is InChI=1S/C16H10F3N3O/c17-16(18,19)12-4-3-6-14(9-12)22-15(23)11(10-20)8-13-5-1-2-7-21-13/h1-9H,(H,22,23). The van der Waals surface area contributed by atoms with Crippen LogP contribution in [0.5, 0.6) is 0 Å². The maximum Gasteiger partial charge on any atom is 0.416 e. The number of rotatable bonds is 3. The van der Waals surface area contributed by atoms with Gasteiger partial charge in [-0.25, -0.2) is 0 Å². The van der Waals surface area contributed by atoms with Crippen LogP contribution in [0.3, 0.4) is 0 Å². The van der Waals surface area contributed by atoms with Crippen molar-refractivity contribution in [2.24, 2.45) is 0 Å². The fourth-order valence-electron chi connectivity index (χ4n) is 1.73. The predicted molar refractivity (Wildman–Crippen MR) is 77.9 cm³/mol. The van der Waals surface area contributed by atoms with Crippen molar-refractivity contribution in [1.82, 2.24) is 4.98 Å². The van der Waals surface area contributed by atoms with Crippen LogP contribution in [0, 0.1) is 11.3 Å². The van der Waals surface area contributed by atoms with Crippen molar-refractivity contribution < 1.29 is 18.0 Å². The van der Waals surface area contributed by atoms with Crippen LogP contribution < -0.4 is 5.32 Å². The molecule has 7 heteroatoms. The summed E-state index contributed by atoms with van der Waals surface area (Å²) in [7, 11) is 0. The highest BCUT2D eigenvalue weighted by molar-refractivity contribution is 6.09. The molecule has 1 amide bonds. The molecule has 0 atom stereocenters. The second-order valence-electron chi connectivity index (χ2n) is 4.46. The van der Waals surface area contributed by atoms with Gasteiger partial charge in [0.1, 0.15) is 11.6 Å². The van der Waals surface area contributed by atoms with Gasteiger partial charge in [0.05, 0.1) is 11.3 Å². The highest BCUT2D eigenvalue weighted by Crippen LogP contribution is 2.30. The van der Waals surface area contributed by atoms with E-state index >= 15 is 0 Å². The zero-order chi connectivity index (χ0) is 16.9. The summed E-state index contributed by atoms with van der Waals surface area (Å²) in [6, 6.07) is 10.8. The van der Waals surface area contributed by atoms with Gasteiger partial charge in [-0.2, -0.15) is 18.4 Å². The maximum absolute atomic E-state index is 12.6. The predicted octanol–water partition coefficient (Wildman–Crippen LogP) is 3.65. The summed E-state index contributed by atoms with van der Waals surface area (Å²) in [5.41, 5.74) is -0.807. The number of aromatic nitrogens is 1. The fourth-order valence-corrected chi connectivity index (χ4v) is 1.73. The van der Waals surface area contributed by atoms with Crippen molar-refractivity contribution in [2.45, 2.75) is 6.18 Å². The number of carbonyl (C=O) groups is 1. The number of hydrogen-bond acceptors (Lipinski definition) is 3. The topological polar surface area (TPSA) is 65.8 Å². The Kier molecular flexibility index (Phi) is 4.76. The minimum absolute atomic E-state index is 0.0491. The Labute approximate surface area is 129 Å². The van der Waals surface area contributed by atoms with Gasteiger partial charge in [-0.1, -0.05) is 12.1 Å². The summed E-state index contributed by atoms with van der Waals surface area (Å²) < 4.78 is 37.9. The van der Waals surface area contributed by atoms with E-state index in [1.807, 2.05) is 0 Å². The van der Waals surface area contributed by atoms with E-state index in [-0.39, 0.29) is 11.3 Å². The normalized spacial score (nSPS) is 11.7. The molecule has 0 aliphatic rings. The molecule has 2 rings (SSSR count). The molecule has 0 fully saturated rings. The summed E-state index contributed by atoms with van der Waals surface area (Å²) >= 11 is 0. The molecule has 0 saturated heterocycles. The van der Waals surface area contributed by atoms with Crippen LogP contribution in [0.2, 0.25) is 0 Å². The van der Waals surface area contributed by atoms with Crippen LogP contribution >= 0.6 is 0 Å². The molecule has 1 N–H and O–H groups in total. The Morgan fingerprint density at radius 2 is 2.00 bits per heavy atom. The van der Waals surface area contributed by atoms with E-state index in [0.29, 0.717) is 5.69 Å². The van der Waals surface area contributed by atoms with Crippen LogP contribution in [0.25, 0.3) is 6.08 Å². The first-order valence-electron chi connectivity index (χ1n) is 6.41. The van der Waals surface area contributed by atoms with Crippen molar-refractivity contribution >= 4 is 17.7 Å². The van der Waals surface area contributed by atoms with E-state index in [1.165, 1.54) is 24.4 Å². The lowest BCUT2D eigenvalue weighted by atomic mass is 10.1. The molecule has 4 nitrogen and oxygen atoms in total. The number of carbonyl (C=O) groups excluding carboxylic acids is 1. The van der Waals surface area contributed by atoms with Gasteiger partial charge in [-0.3, -0.25) is 9.78 Å². The molecule has 23 heavy (non-hydrogen) atoms. The smallest absolute Gasteiger partial charge is 0.321 e. The van der Waals surface area contributed by atoms with Crippen molar-refractivity contribution in [2.75, 3.05) is 5.32 Å². The van der Waals surface area contributed by atoms with Gasteiger partial charge < -0.3 is 5.32 Å². The van der Waals surface area contributed by atoms with Gasteiger partial charge in [0.2, 0.25) is 0 Å². The number of alkyl halides is 3. The zero-order valence-corrected chi connectivity index (χ0v) is 11.6. The molecule has 2 aromatic rings. The molecule has 0 aliphatic carbocycles. The SMILES string of the molecule is N#CC(=Cc1ccccn1)C(=O)Nc1cccc(C(F)(F)F)c1. The molecule has 1 aromatic carbocycles. The number of nitrogens with one attached hydrogen (secondary N) is 1. The van der Waals surface area contributed by atoms with E-state index in [9.17, 15) is 18.0 Å². The molecule has 0 radical (unpaired) electrons. The quantitative estimate of drug-likeness (QED) is 0.694. The summed E-state index contributed by atoms with van der Waals surface area (Å²) in [6.45, 7) is 0. The Morgan fingerprint density at radius 3 is 2.61 bits per heavy atom. The minimum atomic E-state index is -4.51. The van der Waals surface area contributed by atoms with Gasteiger partial charge in [0.15, 0.2) is 0 Å². The zero-order valence-electron chi connectivity index (χ0n) is 11.6. The van der Waals surface area contributed by atoms with Crippen molar-refractivity contribution in [3.63, 3.8) is 0 Å². The molecule has 0 bridgehead atoms. The Balaban J connectivity index is 2.21. The Hall–Kier alpha value is -3.14. The van der Waals surface area contributed by atoms with Crippen molar-refractivity contribution in [3.05, 3.63) is 65.5 Å². The lowest BCUT2D eigenvalue weighted by Gasteiger charge is -2.09. The van der Waals surface area contributed by atoms with Crippen LogP contribution in [-0.2, 0) is 11.0 Å². The summed E-state index contributed by atoms with van der Waals surface area (Å²) in [5.74, 6) is -0.808. The molecule has 1 aromatic heterocycles. The third kappa shape index (κ3) is 4.41. The number of benzene rings is 1. The number of amides is 1. The minimum Gasteiger partial charge on any atom is -0.321 e. The first-order chi connectivity index (χ1) is 10.9. The average Bonchev–Trinajstić information content (AvgIpc) is 2.53. The monoisotopic (exact) mass is 317 g/mol. The summed E-state index contributed by atoms with van der Waals surface area (Å²) in [4.78, 5) is 15.9. The van der Waals surface area contributed by atoms with E-state index in [1.54, 1.807) is 24.3 Å². The molecule has 0 saturated carbocycles. The van der Waals surface area contributed by atoms with Crippen LogP contribution in [0.15, 0.2) is 54.2 Å². The second kappa shape index (κ2) is 6.75. The molecular weight excluding hydrogens is 307 g/mol. The van der Waals surface area contributed by atoms with Crippen molar-refractivity contribution in [3.8, 4) is 6.07 Å². The lowest BCUT2D eigenvalue weighted by molar-refractivity contribution is -0.137. The van der Waals surface area contributed by atoms with Gasteiger partial charge in [0.25, 0.3) is 5.91 Å². The average molecular weight is 317 g/mol. The van der Waals surface area contributed by atoms with Crippen LogP contribution in [0.1, 0.15) is 11.3 Å². The van der Waals surface area contributed by atoms with Gasteiger partial charge in [-0.15, -0.1) is 0 Å². The van der Waals surface area contributed by atoms with E-state index < -0.39 is 17.6 Å². The molecule has 1 heterocycles. The first-order valence-corrected chi connectivity index (χ1v) is 6.41. The third-order valence-electron chi connectivity index (χ3n) is 2.79. The van der Waals surface area contributed by atoms with E-state index in [4.69, 9.17) is 5.26 Å². The van der Waals surface area contributed by atoms with E-state index in [2.05, 4.69) is 10.3 Å². The number of hydrogen-bond donors (Lipinski definition) is 1. The summed E-state index contributed by atoms with van der Waals surface area (Å²) in [5, 5.41) is 11.3. The molecule has 116 valence electrons. The van der Waals surface area contributed by atoms with Crippen LogP contribution in [0.4, 0.5) is 18.9 Å². The first kappa shape index (κ1) is 16.2. The van der Waals surface area contributed by atoms with Gasteiger partial charge in [-0.05, 0) is 36.4 Å². The Morgan fingerprint density at radius 1 is 1.22 bits per heavy atom. The second-order valence-corrected chi connectivity index (χ2v) is 4.46. The van der Waals surface area contributed by atoms with E-state index in [0.717, 1.165) is 12.1 Å². The van der Waals surface area contributed by atoms with Gasteiger partial charge >= 0.3 is 6.18 Å². The number of pyridine rings is 1. The number of nitriles is 1. The highest BCUT2D eigenvalue weighted by Gasteiger charge is 2.30. The fraction of sp³-hybridized carbons (Fsp3) is 0.0625. The third-order valence-corrected chi connectivity index (χ3v) is 2.79.